The minimum Gasteiger partial charge on any atom is -0.396 e. The van der Waals surface area contributed by atoms with Gasteiger partial charge in [-0.05, 0) is 25.5 Å². The summed E-state index contributed by atoms with van der Waals surface area (Å²) in [6, 6.07) is 0.182. The van der Waals surface area contributed by atoms with E-state index >= 15 is 0 Å². The van der Waals surface area contributed by atoms with Gasteiger partial charge in [-0.25, -0.2) is 0 Å². The molecule has 0 aliphatic carbocycles. The Kier molecular flexibility index (Phi) is 9.19. The zero-order valence-corrected chi connectivity index (χ0v) is 9.90. The van der Waals surface area contributed by atoms with Gasteiger partial charge in [-0.2, -0.15) is 11.8 Å². The maximum absolute atomic E-state index is 11.3. The van der Waals surface area contributed by atoms with Gasteiger partial charge in [0.15, 0.2) is 0 Å². The van der Waals surface area contributed by atoms with Gasteiger partial charge in [-0.3, -0.25) is 4.79 Å². The van der Waals surface area contributed by atoms with Crippen molar-refractivity contribution in [3.8, 4) is 0 Å². The van der Waals surface area contributed by atoms with E-state index in [2.05, 4.69) is 12.2 Å². The SMILES string of the molecule is CCSCCC(=O)NC(C)CCCO. The molecule has 0 aromatic rings. The molecule has 0 aliphatic rings. The van der Waals surface area contributed by atoms with Gasteiger partial charge in [0.25, 0.3) is 0 Å². The Labute approximate surface area is 90.7 Å². The van der Waals surface area contributed by atoms with Crippen molar-refractivity contribution in [2.24, 2.45) is 0 Å². The Balaban J connectivity index is 3.40. The molecule has 0 bridgehead atoms. The van der Waals surface area contributed by atoms with Gasteiger partial charge in [0, 0.05) is 24.8 Å². The van der Waals surface area contributed by atoms with E-state index in [0.717, 1.165) is 24.3 Å². The Morgan fingerprint density at radius 1 is 1.57 bits per heavy atom. The third kappa shape index (κ3) is 8.38. The molecule has 1 amide bonds. The van der Waals surface area contributed by atoms with Crippen LogP contribution in [0, 0.1) is 0 Å². The number of aliphatic hydroxyl groups is 1. The van der Waals surface area contributed by atoms with E-state index in [4.69, 9.17) is 5.11 Å². The molecular weight excluding hydrogens is 198 g/mol. The number of carbonyl (C=O) groups excluding carboxylic acids is 1. The molecule has 2 N–H and O–H groups in total. The Morgan fingerprint density at radius 3 is 2.86 bits per heavy atom. The fraction of sp³-hybridized carbons (Fsp3) is 0.900. The summed E-state index contributed by atoms with van der Waals surface area (Å²) in [6.07, 6.45) is 2.20. The first-order valence-electron chi connectivity index (χ1n) is 5.18. The van der Waals surface area contributed by atoms with E-state index in [1.54, 1.807) is 11.8 Å². The van der Waals surface area contributed by atoms with Crippen molar-refractivity contribution in [1.82, 2.24) is 5.32 Å². The van der Waals surface area contributed by atoms with Crippen molar-refractivity contribution >= 4 is 17.7 Å². The molecule has 0 saturated heterocycles. The highest BCUT2D eigenvalue weighted by atomic mass is 32.2. The molecule has 84 valence electrons. The van der Waals surface area contributed by atoms with Crippen molar-refractivity contribution in [1.29, 1.82) is 0 Å². The van der Waals surface area contributed by atoms with Crippen LogP contribution in [0.1, 0.15) is 33.1 Å². The molecule has 14 heavy (non-hydrogen) atoms. The predicted molar refractivity (Wildman–Crippen MR) is 61.5 cm³/mol. The fourth-order valence-electron chi connectivity index (χ4n) is 1.13. The molecule has 0 heterocycles. The third-order valence-electron chi connectivity index (χ3n) is 1.88. The predicted octanol–water partition coefficient (Wildman–Crippen LogP) is 1.41. The molecule has 1 unspecified atom stereocenters. The van der Waals surface area contributed by atoms with Crippen molar-refractivity contribution in [2.45, 2.75) is 39.2 Å². The Bertz CT molecular complexity index is 153. The van der Waals surface area contributed by atoms with Gasteiger partial charge < -0.3 is 10.4 Å². The summed E-state index contributed by atoms with van der Waals surface area (Å²) in [5.41, 5.74) is 0. The van der Waals surface area contributed by atoms with Crippen LogP contribution in [0.3, 0.4) is 0 Å². The number of amides is 1. The summed E-state index contributed by atoms with van der Waals surface area (Å²) >= 11 is 1.78. The first kappa shape index (κ1) is 13.8. The highest BCUT2D eigenvalue weighted by Gasteiger charge is 2.05. The third-order valence-corrected chi connectivity index (χ3v) is 2.78. The normalized spacial score (nSPS) is 12.5. The average molecular weight is 219 g/mol. The van der Waals surface area contributed by atoms with Crippen LogP contribution in [0.25, 0.3) is 0 Å². The number of carbonyl (C=O) groups is 1. The van der Waals surface area contributed by atoms with Crippen LogP contribution in [0.2, 0.25) is 0 Å². The molecule has 1 atom stereocenters. The minimum absolute atomic E-state index is 0.122. The van der Waals surface area contributed by atoms with Gasteiger partial charge in [0.2, 0.25) is 5.91 Å². The van der Waals surface area contributed by atoms with Crippen LogP contribution in [0.15, 0.2) is 0 Å². The van der Waals surface area contributed by atoms with Crippen LogP contribution >= 0.6 is 11.8 Å². The standard InChI is InChI=1S/C10H21NO2S/c1-3-14-8-6-10(13)11-9(2)5-4-7-12/h9,12H,3-8H2,1-2H3,(H,11,13). The van der Waals surface area contributed by atoms with Gasteiger partial charge in [0.05, 0.1) is 0 Å². The molecule has 4 heteroatoms. The van der Waals surface area contributed by atoms with E-state index in [9.17, 15) is 4.79 Å². The molecule has 0 aliphatic heterocycles. The zero-order valence-electron chi connectivity index (χ0n) is 9.08. The van der Waals surface area contributed by atoms with E-state index in [-0.39, 0.29) is 18.6 Å². The smallest absolute Gasteiger partial charge is 0.221 e. The number of rotatable bonds is 8. The average Bonchev–Trinajstić information content (AvgIpc) is 2.15. The minimum atomic E-state index is 0.122. The molecule has 0 aromatic heterocycles. The van der Waals surface area contributed by atoms with Gasteiger partial charge in [0.1, 0.15) is 0 Å². The summed E-state index contributed by atoms with van der Waals surface area (Å²) < 4.78 is 0. The number of hydrogen-bond acceptors (Lipinski definition) is 3. The van der Waals surface area contributed by atoms with Crippen molar-refractivity contribution in [2.75, 3.05) is 18.1 Å². The second-order valence-electron chi connectivity index (χ2n) is 3.28. The Morgan fingerprint density at radius 2 is 2.29 bits per heavy atom. The van der Waals surface area contributed by atoms with Gasteiger partial charge in [-0.1, -0.05) is 6.92 Å². The number of thioether (sulfide) groups is 1. The van der Waals surface area contributed by atoms with E-state index < -0.39 is 0 Å². The molecule has 0 radical (unpaired) electrons. The molecule has 0 spiro atoms. The van der Waals surface area contributed by atoms with E-state index in [1.807, 2.05) is 6.92 Å². The summed E-state index contributed by atoms with van der Waals surface area (Å²) in [5.74, 6) is 2.08. The lowest BCUT2D eigenvalue weighted by molar-refractivity contribution is -0.121. The molecule has 0 rings (SSSR count). The topological polar surface area (TPSA) is 49.3 Å². The first-order valence-corrected chi connectivity index (χ1v) is 6.34. The second-order valence-corrected chi connectivity index (χ2v) is 4.68. The van der Waals surface area contributed by atoms with E-state index in [0.29, 0.717) is 6.42 Å². The van der Waals surface area contributed by atoms with Crippen LogP contribution in [0.4, 0.5) is 0 Å². The number of hydrogen-bond donors (Lipinski definition) is 2. The summed E-state index contributed by atoms with van der Waals surface area (Å²) in [7, 11) is 0. The summed E-state index contributed by atoms with van der Waals surface area (Å²) in [6.45, 7) is 4.26. The largest absolute Gasteiger partial charge is 0.396 e. The Hall–Kier alpha value is -0.220. The highest BCUT2D eigenvalue weighted by Crippen LogP contribution is 2.01. The first-order chi connectivity index (χ1) is 6.70. The number of aliphatic hydroxyl groups excluding tert-OH is 1. The number of nitrogens with one attached hydrogen (secondary N) is 1. The van der Waals surface area contributed by atoms with Crippen molar-refractivity contribution in [3.63, 3.8) is 0 Å². The maximum Gasteiger partial charge on any atom is 0.221 e. The zero-order chi connectivity index (χ0) is 10.8. The molecule has 0 saturated carbocycles. The highest BCUT2D eigenvalue weighted by molar-refractivity contribution is 7.99. The van der Waals surface area contributed by atoms with E-state index in [1.165, 1.54) is 0 Å². The lowest BCUT2D eigenvalue weighted by atomic mass is 10.2. The second kappa shape index (κ2) is 9.34. The molecule has 0 fully saturated rings. The fourth-order valence-corrected chi connectivity index (χ4v) is 1.74. The summed E-state index contributed by atoms with van der Waals surface area (Å²) in [4.78, 5) is 11.3. The van der Waals surface area contributed by atoms with Crippen LogP contribution in [-0.4, -0.2) is 35.2 Å². The van der Waals surface area contributed by atoms with Crippen LogP contribution < -0.4 is 5.32 Å². The molecular formula is C10H21NO2S. The van der Waals surface area contributed by atoms with Gasteiger partial charge >= 0.3 is 0 Å². The molecule has 0 aromatic carbocycles. The van der Waals surface area contributed by atoms with Crippen molar-refractivity contribution in [3.05, 3.63) is 0 Å². The lowest BCUT2D eigenvalue weighted by Gasteiger charge is -2.12. The monoisotopic (exact) mass is 219 g/mol. The van der Waals surface area contributed by atoms with Gasteiger partial charge in [-0.15, -0.1) is 0 Å². The van der Waals surface area contributed by atoms with Crippen LogP contribution in [0.5, 0.6) is 0 Å². The lowest BCUT2D eigenvalue weighted by Crippen LogP contribution is -2.32. The summed E-state index contributed by atoms with van der Waals surface area (Å²) in [5, 5.41) is 11.5. The van der Waals surface area contributed by atoms with Crippen molar-refractivity contribution < 1.29 is 9.90 Å². The maximum atomic E-state index is 11.3. The quantitative estimate of drug-likeness (QED) is 0.607. The molecule has 3 nitrogen and oxygen atoms in total. The van der Waals surface area contributed by atoms with Crippen LogP contribution in [-0.2, 0) is 4.79 Å².